The number of nitrogens with two attached hydrogens (primary N) is 1. The van der Waals surface area contributed by atoms with Crippen LogP contribution in [0.1, 0.15) is 36.0 Å². The van der Waals surface area contributed by atoms with Gasteiger partial charge in [-0.1, -0.05) is 72.8 Å². The standard InChI is InChI=1S/C31H31N5O4/c1-39-25-14-12-23(13-15-25)31(21-8-4-2-5-9-21,22-10-6-3-7-11-22)40-19-30(17-16-24(37)18-30)36-20-33-26-27(32)34-29(38)35-28(26)36/h2-15,20,24,37H,16-19H2,1H3,(H3,32,34,35,38)/t24-,30+/m0/s1. The minimum Gasteiger partial charge on any atom is -0.497 e. The molecule has 40 heavy (non-hydrogen) atoms. The van der Waals surface area contributed by atoms with Crippen LogP contribution in [0.4, 0.5) is 5.82 Å². The van der Waals surface area contributed by atoms with Gasteiger partial charge >= 0.3 is 5.69 Å². The van der Waals surface area contributed by atoms with E-state index in [2.05, 4.69) is 39.2 Å². The summed E-state index contributed by atoms with van der Waals surface area (Å²) >= 11 is 0. The van der Waals surface area contributed by atoms with Crippen molar-refractivity contribution in [2.75, 3.05) is 19.5 Å². The molecule has 9 heteroatoms. The molecule has 9 nitrogen and oxygen atoms in total. The SMILES string of the molecule is COc1ccc(C(OC[C@@]2(n3cnc4c(N)[nH]c(=O)nc43)CC[C@H](O)C2)(c2ccccc2)c2ccccc2)cc1. The van der Waals surface area contributed by atoms with Gasteiger partial charge in [0.15, 0.2) is 5.65 Å². The zero-order valence-corrected chi connectivity index (χ0v) is 22.2. The van der Waals surface area contributed by atoms with Crippen LogP contribution in [-0.4, -0.2) is 44.4 Å². The minimum atomic E-state index is -0.990. The third-order valence-electron chi connectivity index (χ3n) is 7.93. The van der Waals surface area contributed by atoms with Gasteiger partial charge in [0.05, 0.1) is 31.7 Å². The van der Waals surface area contributed by atoms with Crippen LogP contribution in [0.3, 0.4) is 0 Å². The van der Waals surface area contributed by atoms with E-state index in [1.807, 2.05) is 65.2 Å². The number of rotatable bonds is 8. The molecule has 6 rings (SSSR count). The predicted molar refractivity (Wildman–Crippen MR) is 152 cm³/mol. The fourth-order valence-electron chi connectivity index (χ4n) is 5.95. The Bertz CT molecular complexity index is 1630. The lowest BCUT2D eigenvalue weighted by Gasteiger charge is -2.40. The van der Waals surface area contributed by atoms with Gasteiger partial charge in [-0.3, -0.25) is 4.98 Å². The number of nitrogens with zero attached hydrogens (tertiary/aromatic N) is 3. The largest absolute Gasteiger partial charge is 0.497 e. The first kappa shape index (κ1) is 25.8. The molecular formula is C31H31N5O4. The molecule has 0 amide bonds. The van der Waals surface area contributed by atoms with Gasteiger partial charge in [0.1, 0.15) is 22.7 Å². The van der Waals surface area contributed by atoms with Crippen LogP contribution in [0.15, 0.2) is 96.1 Å². The van der Waals surface area contributed by atoms with Gasteiger partial charge < -0.3 is 24.9 Å². The highest BCUT2D eigenvalue weighted by atomic mass is 16.5. The fourth-order valence-corrected chi connectivity index (χ4v) is 5.95. The maximum absolute atomic E-state index is 12.3. The Kier molecular flexibility index (Phi) is 6.61. The number of fused-ring (bicyclic) bond motifs is 1. The van der Waals surface area contributed by atoms with Gasteiger partial charge in [0, 0.05) is 0 Å². The minimum absolute atomic E-state index is 0.157. The van der Waals surface area contributed by atoms with Crippen LogP contribution in [-0.2, 0) is 15.9 Å². The Balaban J connectivity index is 1.53. The van der Waals surface area contributed by atoms with E-state index in [1.54, 1.807) is 13.4 Å². The Morgan fingerprint density at radius 1 is 1.02 bits per heavy atom. The highest BCUT2D eigenvalue weighted by Crippen LogP contribution is 2.45. The van der Waals surface area contributed by atoms with E-state index in [1.165, 1.54) is 0 Å². The van der Waals surface area contributed by atoms with Gasteiger partial charge in [0.25, 0.3) is 0 Å². The first-order valence-electron chi connectivity index (χ1n) is 13.3. The number of H-pyrrole nitrogens is 1. The van der Waals surface area contributed by atoms with Crippen molar-refractivity contribution in [2.45, 2.75) is 36.5 Å². The van der Waals surface area contributed by atoms with Crippen molar-refractivity contribution >= 4 is 17.0 Å². The lowest BCUT2D eigenvalue weighted by Crippen LogP contribution is -2.42. The number of nitrogen functional groups attached to an aromatic ring is 1. The van der Waals surface area contributed by atoms with Gasteiger partial charge in [0.2, 0.25) is 0 Å². The van der Waals surface area contributed by atoms with Crippen molar-refractivity contribution < 1.29 is 14.6 Å². The van der Waals surface area contributed by atoms with Crippen molar-refractivity contribution in [3.63, 3.8) is 0 Å². The van der Waals surface area contributed by atoms with E-state index >= 15 is 0 Å². The lowest BCUT2D eigenvalue weighted by molar-refractivity contribution is -0.0372. The average Bonchev–Trinajstić information content (AvgIpc) is 3.59. The number of aromatic amines is 1. The van der Waals surface area contributed by atoms with Crippen molar-refractivity contribution in [3.05, 3.63) is 118 Å². The lowest BCUT2D eigenvalue weighted by atomic mass is 9.79. The second kappa shape index (κ2) is 10.3. The molecule has 0 aliphatic heterocycles. The fraction of sp³-hybridized carbons (Fsp3) is 0.258. The Labute approximate surface area is 231 Å². The summed E-state index contributed by atoms with van der Waals surface area (Å²) in [6, 6.07) is 28.1. The third-order valence-corrected chi connectivity index (χ3v) is 7.93. The van der Waals surface area contributed by atoms with Crippen molar-refractivity contribution in [1.29, 1.82) is 0 Å². The number of aliphatic hydroxyl groups is 1. The highest BCUT2D eigenvalue weighted by molar-refractivity contribution is 5.81. The number of hydrogen-bond donors (Lipinski definition) is 3. The molecule has 0 spiro atoms. The summed E-state index contributed by atoms with van der Waals surface area (Å²) in [5.41, 5.74) is 7.42. The number of nitrogens with one attached hydrogen (secondary N) is 1. The molecule has 1 fully saturated rings. The van der Waals surface area contributed by atoms with Gasteiger partial charge in [-0.25, -0.2) is 9.78 Å². The topological polar surface area (TPSA) is 128 Å². The summed E-state index contributed by atoms with van der Waals surface area (Å²) in [6.45, 7) is 0.208. The summed E-state index contributed by atoms with van der Waals surface area (Å²) in [4.78, 5) is 23.5. The number of methoxy groups -OCH3 is 1. The predicted octanol–water partition coefficient (Wildman–Crippen LogP) is 3.96. The van der Waals surface area contributed by atoms with E-state index < -0.39 is 22.9 Å². The molecule has 2 atom stereocenters. The summed E-state index contributed by atoms with van der Waals surface area (Å²) in [5, 5.41) is 10.8. The molecule has 1 aliphatic rings. The first-order chi connectivity index (χ1) is 19.4. The van der Waals surface area contributed by atoms with Gasteiger partial charge in [-0.05, 0) is 48.1 Å². The monoisotopic (exact) mass is 537 g/mol. The zero-order chi connectivity index (χ0) is 27.7. The molecule has 2 heterocycles. The maximum atomic E-state index is 12.3. The Morgan fingerprint density at radius 2 is 1.65 bits per heavy atom. The molecule has 204 valence electrons. The number of aliphatic hydroxyl groups excluding tert-OH is 1. The van der Waals surface area contributed by atoms with Crippen LogP contribution in [0.25, 0.3) is 11.2 Å². The number of ether oxygens (including phenoxy) is 2. The molecule has 0 saturated heterocycles. The molecule has 4 N–H and O–H groups in total. The molecule has 5 aromatic rings. The van der Waals surface area contributed by atoms with Crippen molar-refractivity contribution in [1.82, 2.24) is 19.5 Å². The van der Waals surface area contributed by atoms with E-state index in [4.69, 9.17) is 15.2 Å². The normalized spacial score (nSPS) is 19.2. The molecule has 0 unspecified atom stereocenters. The highest BCUT2D eigenvalue weighted by Gasteiger charge is 2.46. The third kappa shape index (κ3) is 4.33. The summed E-state index contributed by atoms with van der Waals surface area (Å²) < 4.78 is 14.5. The molecule has 2 aromatic heterocycles. The van der Waals surface area contributed by atoms with Crippen molar-refractivity contribution in [3.8, 4) is 5.75 Å². The molecule has 0 bridgehead atoms. The molecular weight excluding hydrogens is 506 g/mol. The van der Waals surface area contributed by atoms with E-state index in [0.29, 0.717) is 30.4 Å². The zero-order valence-electron chi connectivity index (χ0n) is 22.2. The van der Waals surface area contributed by atoms with Crippen LogP contribution in [0, 0.1) is 0 Å². The summed E-state index contributed by atoms with van der Waals surface area (Å²) in [6.07, 6.45) is 2.70. The van der Waals surface area contributed by atoms with E-state index in [-0.39, 0.29) is 12.4 Å². The summed E-state index contributed by atoms with van der Waals surface area (Å²) in [5.74, 6) is 0.900. The Morgan fingerprint density at radius 3 is 2.23 bits per heavy atom. The molecule has 0 radical (unpaired) electrons. The number of hydrogen-bond acceptors (Lipinski definition) is 7. The average molecular weight is 538 g/mol. The maximum Gasteiger partial charge on any atom is 0.348 e. The van der Waals surface area contributed by atoms with Crippen LogP contribution < -0.4 is 16.2 Å². The van der Waals surface area contributed by atoms with Gasteiger partial charge in [-0.2, -0.15) is 4.98 Å². The van der Waals surface area contributed by atoms with Crippen LogP contribution in [0.5, 0.6) is 5.75 Å². The number of benzene rings is 3. The quantitative estimate of drug-likeness (QED) is 0.256. The molecule has 1 aliphatic carbocycles. The number of anilines is 1. The van der Waals surface area contributed by atoms with Crippen LogP contribution in [0.2, 0.25) is 0 Å². The van der Waals surface area contributed by atoms with E-state index in [9.17, 15) is 9.90 Å². The van der Waals surface area contributed by atoms with Crippen LogP contribution >= 0.6 is 0 Å². The smallest absolute Gasteiger partial charge is 0.348 e. The van der Waals surface area contributed by atoms with E-state index in [0.717, 1.165) is 22.4 Å². The second-order valence-electron chi connectivity index (χ2n) is 10.3. The first-order valence-corrected chi connectivity index (χ1v) is 13.3. The molecule has 1 saturated carbocycles. The molecule has 3 aromatic carbocycles. The number of imidazole rings is 1. The Hall–Kier alpha value is -4.47. The second-order valence-corrected chi connectivity index (χ2v) is 10.3. The van der Waals surface area contributed by atoms with Gasteiger partial charge in [-0.15, -0.1) is 0 Å². The number of aromatic nitrogens is 4. The summed E-state index contributed by atoms with van der Waals surface area (Å²) in [7, 11) is 1.64. The van der Waals surface area contributed by atoms with Crippen molar-refractivity contribution in [2.24, 2.45) is 0 Å².